The summed E-state index contributed by atoms with van der Waals surface area (Å²) in [6, 6.07) is 17.3. The van der Waals surface area contributed by atoms with Crippen molar-refractivity contribution in [2.45, 2.75) is 32.5 Å². The molecule has 0 atom stereocenters. The molecule has 1 aromatic heterocycles. The second kappa shape index (κ2) is 11.2. The van der Waals surface area contributed by atoms with Gasteiger partial charge in [-0.05, 0) is 41.3 Å². The first-order valence-corrected chi connectivity index (χ1v) is 12.7. The van der Waals surface area contributed by atoms with Crippen LogP contribution in [0, 0.1) is 0 Å². The van der Waals surface area contributed by atoms with Crippen molar-refractivity contribution in [2.24, 2.45) is 0 Å². The van der Waals surface area contributed by atoms with Gasteiger partial charge in [0, 0.05) is 74.9 Å². The zero-order valence-electron chi connectivity index (χ0n) is 20.6. The van der Waals surface area contributed by atoms with E-state index in [0.717, 1.165) is 77.4 Å². The van der Waals surface area contributed by atoms with E-state index >= 15 is 0 Å². The summed E-state index contributed by atoms with van der Waals surface area (Å²) in [6.07, 6.45) is 5.53. The zero-order valence-corrected chi connectivity index (χ0v) is 20.6. The first-order valence-electron chi connectivity index (χ1n) is 12.7. The Balaban J connectivity index is 1.41. The predicted molar refractivity (Wildman–Crippen MR) is 139 cm³/mol. The van der Waals surface area contributed by atoms with E-state index in [4.69, 9.17) is 9.47 Å². The molecule has 0 N–H and O–H groups in total. The molecule has 0 unspecified atom stereocenters. The Hall–Kier alpha value is -2.93. The van der Waals surface area contributed by atoms with Gasteiger partial charge in [-0.15, -0.1) is 0 Å². The van der Waals surface area contributed by atoms with E-state index in [1.165, 1.54) is 40.9 Å². The molecular weight excluding hydrogens is 438 g/mol. The molecule has 3 aromatic rings. The van der Waals surface area contributed by atoms with Crippen molar-refractivity contribution in [2.75, 3.05) is 46.5 Å². The van der Waals surface area contributed by atoms with Crippen LogP contribution in [0.4, 0.5) is 0 Å². The Morgan fingerprint density at radius 3 is 2.66 bits per heavy atom. The first-order chi connectivity index (χ1) is 17.2. The van der Waals surface area contributed by atoms with Crippen LogP contribution in [-0.4, -0.2) is 66.8 Å². The molecule has 6 nitrogen and oxygen atoms in total. The minimum Gasteiger partial charge on any atom is -0.466 e. The summed E-state index contributed by atoms with van der Waals surface area (Å²) in [6.45, 7) is 8.88. The number of rotatable bonds is 8. The predicted octanol–water partition coefficient (Wildman–Crippen LogP) is 4.11. The third kappa shape index (κ3) is 5.67. The number of hydrogen-bond donors (Lipinski definition) is 0. The molecule has 0 radical (unpaired) electrons. The molecule has 6 heteroatoms. The van der Waals surface area contributed by atoms with Gasteiger partial charge in [0.25, 0.3) is 0 Å². The minimum absolute atomic E-state index is 0.332. The maximum absolute atomic E-state index is 11.6. The molecule has 0 spiro atoms. The van der Waals surface area contributed by atoms with E-state index in [-0.39, 0.29) is 5.97 Å². The highest BCUT2D eigenvalue weighted by atomic mass is 16.5. The van der Waals surface area contributed by atoms with E-state index in [1.807, 2.05) is 6.08 Å². The number of nitrogens with zero attached hydrogens (tertiary/aromatic N) is 3. The SMILES string of the molecule is COC(=O)/C=C/c1ccc2c(c1)c1c(n2CCCN2CCOCC2)CCN(Cc2ccccc2)C1. The van der Waals surface area contributed by atoms with Gasteiger partial charge < -0.3 is 14.0 Å². The smallest absolute Gasteiger partial charge is 0.330 e. The quantitative estimate of drug-likeness (QED) is 0.364. The van der Waals surface area contributed by atoms with Crippen molar-refractivity contribution >= 4 is 22.9 Å². The Morgan fingerprint density at radius 1 is 1.03 bits per heavy atom. The fourth-order valence-corrected chi connectivity index (χ4v) is 5.37. The van der Waals surface area contributed by atoms with E-state index in [2.05, 4.69) is 62.9 Å². The number of benzene rings is 2. The van der Waals surface area contributed by atoms with Gasteiger partial charge in [0.15, 0.2) is 0 Å². The summed E-state index contributed by atoms with van der Waals surface area (Å²) in [7, 11) is 1.41. The molecular formula is C29H35N3O3. The normalized spacial score (nSPS) is 17.2. The van der Waals surface area contributed by atoms with Crippen LogP contribution in [0.1, 0.15) is 28.8 Å². The topological polar surface area (TPSA) is 46.9 Å². The largest absolute Gasteiger partial charge is 0.466 e. The summed E-state index contributed by atoms with van der Waals surface area (Å²) in [5, 5.41) is 1.30. The molecule has 5 rings (SSSR count). The lowest BCUT2D eigenvalue weighted by atomic mass is 10.0. The standard InChI is InChI=1S/C29H35N3O3/c1-34-29(33)11-9-23-8-10-27-25(20-23)26-22-31(21-24-6-3-2-4-7-24)15-12-28(26)32(27)14-5-13-30-16-18-35-19-17-30/h2-4,6-11,20H,5,12-19,21-22H2,1H3/b11-9+. The number of carbonyl (C=O) groups excluding carboxylic acids is 1. The number of fused-ring (bicyclic) bond motifs is 3. The molecule has 0 amide bonds. The van der Waals surface area contributed by atoms with Crippen molar-refractivity contribution in [3.63, 3.8) is 0 Å². The third-order valence-corrected chi connectivity index (χ3v) is 7.18. The van der Waals surface area contributed by atoms with Gasteiger partial charge in [-0.25, -0.2) is 4.79 Å². The Kier molecular flexibility index (Phi) is 7.62. The van der Waals surface area contributed by atoms with Crippen LogP contribution in [0.25, 0.3) is 17.0 Å². The molecule has 0 bridgehead atoms. The van der Waals surface area contributed by atoms with Crippen molar-refractivity contribution in [3.05, 3.63) is 77.0 Å². The van der Waals surface area contributed by atoms with Crippen molar-refractivity contribution < 1.29 is 14.3 Å². The number of ether oxygens (including phenoxy) is 2. The first kappa shape index (κ1) is 23.8. The molecule has 2 aromatic carbocycles. The fourth-order valence-electron chi connectivity index (χ4n) is 5.37. The lowest BCUT2D eigenvalue weighted by molar-refractivity contribution is -0.134. The summed E-state index contributed by atoms with van der Waals surface area (Å²) in [5.74, 6) is -0.332. The molecule has 1 fully saturated rings. The number of aryl methyl sites for hydroxylation is 1. The molecule has 184 valence electrons. The highest BCUT2D eigenvalue weighted by Gasteiger charge is 2.24. The number of aromatic nitrogens is 1. The second-order valence-electron chi connectivity index (χ2n) is 9.46. The minimum atomic E-state index is -0.332. The van der Waals surface area contributed by atoms with E-state index in [9.17, 15) is 4.79 Å². The summed E-state index contributed by atoms with van der Waals surface area (Å²) < 4.78 is 12.8. The van der Waals surface area contributed by atoms with Crippen molar-refractivity contribution in [3.8, 4) is 0 Å². The maximum atomic E-state index is 11.6. The monoisotopic (exact) mass is 473 g/mol. The average molecular weight is 474 g/mol. The average Bonchev–Trinajstić information content (AvgIpc) is 3.21. The Morgan fingerprint density at radius 2 is 1.86 bits per heavy atom. The van der Waals surface area contributed by atoms with Crippen LogP contribution in [0.3, 0.4) is 0 Å². The van der Waals surface area contributed by atoms with Crippen molar-refractivity contribution in [1.82, 2.24) is 14.4 Å². The number of morpholine rings is 1. The molecule has 2 aliphatic rings. The van der Waals surface area contributed by atoms with Gasteiger partial charge in [0.2, 0.25) is 0 Å². The fraction of sp³-hybridized carbons (Fsp3) is 0.414. The maximum Gasteiger partial charge on any atom is 0.330 e. The van der Waals surface area contributed by atoms with Crippen molar-refractivity contribution in [1.29, 1.82) is 0 Å². The lowest BCUT2D eigenvalue weighted by Crippen LogP contribution is -2.37. The van der Waals surface area contributed by atoms with Crippen LogP contribution in [0.2, 0.25) is 0 Å². The number of hydrogen-bond acceptors (Lipinski definition) is 5. The number of carbonyl (C=O) groups is 1. The van der Waals surface area contributed by atoms with E-state index in [1.54, 1.807) is 0 Å². The van der Waals surface area contributed by atoms with Crippen LogP contribution < -0.4 is 0 Å². The van der Waals surface area contributed by atoms with Gasteiger partial charge in [-0.3, -0.25) is 9.80 Å². The van der Waals surface area contributed by atoms with Gasteiger partial charge >= 0.3 is 5.97 Å². The molecule has 35 heavy (non-hydrogen) atoms. The highest BCUT2D eigenvalue weighted by molar-refractivity contribution is 5.91. The Bertz CT molecular complexity index is 1180. The van der Waals surface area contributed by atoms with Gasteiger partial charge in [0.05, 0.1) is 20.3 Å². The molecule has 2 aliphatic heterocycles. The Labute approximate surface area is 207 Å². The summed E-state index contributed by atoms with van der Waals surface area (Å²) >= 11 is 0. The number of esters is 1. The van der Waals surface area contributed by atoms with Gasteiger partial charge in [-0.2, -0.15) is 0 Å². The van der Waals surface area contributed by atoms with Crippen LogP contribution in [-0.2, 0) is 40.3 Å². The van der Waals surface area contributed by atoms with Crippen LogP contribution in [0.5, 0.6) is 0 Å². The summed E-state index contributed by atoms with van der Waals surface area (Å²) in [4.78, 5) is 16.7. The second-order valence-corrected chi connectivity index (χ2v) is 9.46. The van der Waals surface area contributed by atoms with E-state index < -0.39 is 0 Å². The number of methoxy groups -OCH3 is 1. The van der Waals surface area contributed by atoms with Crippen LogP contribution >= 0.6 is 0 Å². The van der Waals surface area contributed by atoms with Gasteiger partial charge in [-0.1, -0.05) is 36.4 Å². The van der Waals surface area contributed by atoms with Gasteiger partial charge in [0.1, 0.15) is 0 Å². The lowest BCUT2D eigenvalue weighted by Gasteiger charge is -2.29. The molecule has 3 heterocycles. The third-order valence-electron chi connectivity index (χ3n) is 7.18. The summed E-state index contributed by atoms with van der Waals surface area (Å²) in [5.41, 5.74) is 6.58. The van der Waals surface area contributed by atoms with E-state index in [0.29, 0.717) is 0 Å². The van der Waals surface area contributed by atoms with Crippen LogP contribution in [0.15, 0.2) is 54.6 Å². The highest BCUT2D eigenvalue weighted by Crippen LogP contribution is 2.33. The zero-order chi connectivity index (χ0) is 24.0. The molecule has 0 aliphatic carbocycles. The molecule has 0 saturated carbocycles. The molecule has 1 saturated heterocycles.